The van der Waals surface area contributed by atoms with E-state index in [2.05, 4.69) is 55.4 Å². The molecule has 5 aromatic rings. The first kappa shape index (κ1) is 25.9. The maximum atomic E-state index is 13.6. The average Bonchev–Trinajstić information content (AvgIpc) is 3.45. The number of nitrogens with zero attached hydrogens (tertiary/aromatic N) is 6. The third kappa shape index (κ3) is 5.37. The van der Waals surface area contributed by atoms with Crippen LogP contribution in [0, 0.1) is 5.82 Å². The van der Waals surface area contributed by atoms with E-state index < -0.39 is 6.04 Å². The van der Waals surface area contributed by atoms with E-state index in [9.17, 15) is 9.18 Å². The minimum absolute atomic E-state index is 0.139. The molecule has 2 aromatic heterocycles. The third-order valence-corrected chi connectivity index (χ3v) is 7.77. The highest BCUT2D eigenvalue weighted by Crippen LogP contribution is 2.29. The van der Waals surface area contributed by atoms with Crippen LogP contribution in [0.5, 0.6) is 0 Å². The van der Waals surface area contributed by atoms with Crippen molar-refractivity contribution in [3.63, 3.8) is 0 Å². The second-order valence-electron chi connectivity index (χ2n) is 10.2. The van der Waals surface area contributed by atoms with Crippen molar-refractivity contribution in [3.05, 3.63) is 118 Å². The fourth-order valence-corrected chi connectivity index (χ4v) is 5.53. The maximum Gasteiger partial charge on any atom is 0.253 e. The van der Waals surface area contributed by atoms with Crippen molar-refractivity contribution in [1.29, 1.82) is 0 Å². The largest absolute Gasteiger partial charge is 0.369 e. The minimum atomic E-state index is -0.417. The molecule has 0 amide bonds. The van der Waals surface area contributed by atoms with Gasteiger partial charge in [-0.1, -0.05) is 43.3 Å². The zero-order valence-corrected chi connectivity index (χ0v) is 22.5. The molecule has 3 aromatic carbocycles. The number of nitrogens with one attached hydrogen (secondary N) is 1. The highest BCUT2D eigenvalue weighted by atomic mass is 19.1. The number of anilines is 1. The predicted molar refractivity (Wildman–Crippen MR) is 154 cm³/mol. The lowest BCUT2D eigenvalue weighted by Crippen LogP contribution is -2.49. The van der Waals surface area contributed by atoms with Crippen LogP contribution in [0.2, 0.25) is 0 Å². The summed E-state index contributed by atoms with van der Waals surface area (Å²) in [5.74, 6) is 0.411. The summed E-state index contributed by atoms with van der Waals surface area (Å²) in [6, 6.07) is 24.6. The van der Waals surface area contributed by atoms with Crippen LogP contribution in [-0.4, -0.2) is 56.3 Å². The Morgan fingerprint density at radius 1 is 0.925 bits per heavy atom. The Hall–Kier alpha value is -4.37. The summed E-state index contributed by atoms with van der Waals surface area (Å²) in [7, 11) is 0. The molecular formula is C31H32FN7O. The van der Waals surface area contributed by atoms with E-state index in [1.54, 1.807) is 0 Å². The Morgan fingerprint density at radius 3 is 2.45 bits per heavy atom. The summed E-state index contributed by atoms with van der Waals surface area (Å²) in [4.78, 5) is 21.2. The molecule has 9 heteroatoms. The summed E-state index contributed by atoms with van der Waals surface area (Å²) >= 11 is 0. The molecule has 1 unspecified atom stereocenters. The topological polar surface area (TPSA) is 82.9 Å². The molecule has 204 valence electrons. The zero-order valence-electron chi connectivity index (χ0n) is 22.5. The van der Waals surface area contributed by atoms with E-state index in [0.29, 0.717) is 31.0 Å². The molecule has 3 heterocycles. The van der Waals surface area contributed by atoms with Crippen molar-refractivity contribution in [2.24, 2.45) is 0 Å². The van der Waals surface area contributed by atoms with E-state index in [1.165, 1.54) is 23.3 Å². The van der Waals surface area contributed by atoms with Gasteiger partial charge >= 0.3 is 0 Å². The number of hydrogen-bond donors (Lipinski definition) is 1. The van der Waals surface area contributed by atoms with Crippen LogP contribution < -0.4 is 10.5 Å². The number of halogens is 1. The number of benzene rings is 3. The number of piperazine rings is 1. The molecule has 0 radical (unpaired) electrons. The number of aromatic nitrogens is 5. The Balaban J connectivity index is 1.35. The van der Waals surface area contributed by atoms with Crippen LogP contribution in [0.1, 0.15) is 35.5 Å². The van der Waals surface area contributed by atoms with Gasteiger partial charge in [0.2, 0.25) is 0 Å². The summed E-state index contributed by atoms with van der Waals surface area (Å²) in [5.41, 5.74) is 4.70. The second-order valence-corrected chi connectivity index (χ2v) is 10.2. The molecule has 1 atom stereocenters. The lowest BCUT2D eigenvalue weighted by molar-refractivity contribution is 0.199. The number of tetrazole rings is 1. The molecule has 0 aliphatic carbocycles. The number of H-pyrrole nitrogens is 1. The third-order valence-electron chi connectivity index (χ3n) is 7.77. The molecule has 1 N–H and O–H groups in total. The highest BCUT2D eigenvalue weighted by Gasteiger charge is 2.32. The van der Waals surface area contributed by atoms with Gasteiger partial charge in [0.1, 0.15) is 11.9 Å². The van der Waals surface area contributed by atoms with E-state index in [-0.39, 0.29) is 11.4 Å². The number of aryl methyl sites for hydroxylation is 3. The highest BCUT2D eigenvalue weighted by molar-refractivity contribution is 5.80. The van der Waals surface area contributed by atoms with Crippen LogP contribution >= 0.6 is 0 Å². The van der Waals surface area contributed by atoms with Crippen LogP contribution in [0.25, 0.3) is 10.9 Å². The monoisotopic (exact) mass is 537 g/mol. The molecule has 0 spiro atoms. The predicted octanol–water partition coefficient (Wildman–Crippen LogP) is 4.37. The van der Waals surface area contributed by atoms with Crippen LogP contribution in [0.4, 0.5) is 10.1 Å². The molecule has 1 aliphatic rings. The fourth-order valence-electron chi connectivity index (χ4n) is 5.53. The van der Waals surface area contributed by atoms with Crippen molar-refractivity contribution >= 4 is 16.6 Å². The Bertz CT molecular complexity index is 1640. The molecule has 1 saturated heterocycles. The quantitative estimate of drug-likeness (QED) is 0.317. The fraction of sp³-hybridized carbons (Fsp3) is 0.290. The Kier molecular flexibility index (Phi) is 7.37. The van der Waals surface area contributed by atoms with Gasteiger partial charge < -0.3 is 9.88 Å². The smallest absolute Gasteiger partial charge is 0.253 e. The maximum absolute atomic E-state index is 13.6. The van der Waals surface area contributed by atoms with Gasteiger partial charge in [0, 0.05) is 49.5 Å². The molecule has 0 bridgehead atoms. The van der Waals surface area contributed by atoms with Crippen LogP contribution in [0.15, 0.2) is 83.7 Å². The number of aromatic amines is 1. The molecule has 40 heavy (non-hydrogen) atoms. The molecule has 8 nitrogen and oxygen atoms in total. The minimum Gasteiger partial charge on any atom is -0.369 e. The first-order chi connectivity index (χ1) is 19.6. The van der Waals surface area contributed by atoms with Gasteiger partial charge in [0.05, 0.1) is 0 Å². The lowest BCUT2D eigenvalue weighted by Gasteiger charge is -2.39. The zero-order chi connectivity index (χ0) is 27.5. The van der Waals surface area contributed by atoms with Crippen molar-refractivity contribution in [3.8, 4) is 0 Å². The molecule has 1 aliphatic heterocycles. The van der Waals surface area contributed by atoms with Gasteiger partial charge in [0.15, 0.2) is 5.82 Å². The molecule has 1 fully saturated rings. The summed E-state index contributed by atoms with van der Waals surface area (Å²) in [5, 5.41) is 13.8. The van der Waals surface area contributed by atoms with Gasteiger partial charge in [-0.05, 0) is 82.2 Å². The standard InChI is InChI=1S/C31H32FN7O/c1-2-22-8-13-28-24(20-22)21-27(31(40)33-28)29(30-34-35-36-39(30)15-14-23-6-4-3-5-7-23)38-18-16-37(17-19-38)26-11-9-25(32)10-12-26/h3-13,20-21,29H,2,14-19H2,1H3,(H,33,40). The van der Waals surface area contributed by atoms with Crippen molar-refractivity contribution in [2.45, 2.75) is 32.4 Å². The molecule has 6 rings (SSSR count). The number of fused-ring (bicyclic) bond motifs is 1. The molecule has 0 saturated carbocycles. The van der Waals surface area contributed by atoms with Gasteiger partial charge in [-0.25, -0.2) is 9.07 Å². The number of pyridine rings is 1. The van der Waals surface area contributed by atoms with E-state index in [4.69, 9.17) is 0 Å². The Labute approximate surface area is 232 Å². The van der Waals surface area contributed by atoms with Gasteiger partial charge in [0.25, 0.3) is 5.56 Å². The van der Waals surface area contributed by atoms with E-state index >= 15 is 0 Å². The van der Waals surface area contributed by atoms with E-state index in [1.807, 2.05) is 53.2 Å². The molecular weight excluding hydrogens is 505 g/mol. The first-order valence-corrected chi connectivity index (χ1v) is 13.8. The van der Waals surface area contributed by atoms with Gasteiger partial charge in [-0.2, -0.15) is 0 Å². The van der Waals surface area contributed by atoms with Crippen molar-refractivity contribution < 1.29 is 4.39 Å². The summed E-state index contributed by atoms with van der Waals surface area (Å²) in [6.07, 6.45) is 1.69. The van der Waals surface area contributed by atoms with Crippen molar-refractivity contribution in [1.82, 2.24) is 30.1 Å². The van der Waals surface area contributed by atoms with Gasteiger partial charge in [-0.15, -0.1) is 5.10 Å². The average molecular weight is 538 g/mol. The van der Waals surface area contributed by atoms with Gasteiger partial charge in [-0.3, -0.25) is 9.69 Å². The lowest BCUT2D eigenvalue weighted by atomic mass is 10.0. The summed E-state index contributed by atoms with van der Waals surface area (Å²) in [6.45, 7) is 5.58. The second kappa shape index (κ2) is 11.4. The Morgan fingerprint density at radius 2 is 1.70 bits per heavy atom. The van der Waals surface area contributed by atoms with Crippen LogP contribution in [-0.2, 0) is 19.4 Å². The number of rotatable bonds is 8. The van der Waals surface area contributed by atoms with Crippen molar-refractivity contribution in [2.75, 3.05) is 31.1 Å². The number of hydrogen-bond acceptors (Lipinski definition) is 6. The van der Waals surface area contributed by atoms with E-state index in [0.717, 1.165) is 42.5 Å². The SMILES string of the molecule is CCc1ccc2[nH]c(=O)c(C(c3nnnn3CCc3ccccc3)N3CCN(c4ccc(F)cc4)CC3)cc2c1. The summed E-state index contributed by atoms with van der Waals surface area (Å²) < 4.78 is 15.3. The normalized spacial score (nSPS) is 15.0. The first-order valence-electron chi connectivity index (χ1n) is 13.8. The van der Waals surface area contributed by atoms with Crippen LogP contribution in [0.3, 0.4) is 0 Å².